The summed E-state index contributed by atoms with van der Waals surface area (Å²) in [6, 6.07) is 10.7. The van der Waals surface area contributed by atoms with Gasteiger partial charge in [-0.05, 0) is 60.2 Å². The van der Waals surface area contributed by atoms with Crippen LogP contribution in [0.1, 0.15) is 40.1 Å². The highest BCUT2D eigenvalue weighted by Gasteiger charge is 2.24. The smallest absolute Gasteiger partial charge is 0.152 e. The number of benzene rings is 1. The molecule has 0 N–H and O–H groups in total. The minimum absolute atomic E-state index is 0.229. The number of rotatable bonds is 5. The molecule has 2 aliphatic heterocycles. The van der Waals surface area contributed by atoms with E-state index in [-0.39, 0.29) is 11.5 Å². The summed E-state index contributed by atoms with van der Waals surface area (Å²) in [6.07, 6.45) is 6.09. The van der Waals surface area contributed by atoms with Gasteiger partial charge in [0.15, 0.2) is 9.84 Å². The van der Waals surface area contributed by atoms with Gasteiger partial charge in [0.2, 0.25) is 0 Å². The van der Waals surface area contributed by atoms with Crippen LogP contribution in [0.4, 0.5) is 0 Å². The lowest BCUT2D eigenvalue weighted by Gasteiger charge is -2.26. The molecule has 0 bridgehead atoms. The molecule has 0 spiro atoms. The normalized spacial score (nSPS) is 19.0. The molecule has 7 heteroatoms. The van der Waals surface area contributed by atoms with Crippen molar-refractivity contribution in [2.24, 2.45) is 0 Å². The highest BCUT2D eigenvalue weighted by Crippen LogP contribution is 2.26. The Balaban J connectivity index is 1.55. The van der Waals surface area contributed by atoms with Crippen molar-refractivity contribution in [2.75, 3.05) is 37.8 Å². The van der Waals surface area contributed by atoms with Crippen LogP contribution in [0.25, 0.3) is 11.2 Å². The Hall–Kier alpha value is -2.48. The number of ether oxygens (including phenoxy) is 1. The second kappa shape index (κ2) is 9.05. The van der Waals surface area contributed by atoms with Crippen LogP contribution in [0.15, 0.2) is 42.6 Å². The topological polar surface area (TPSA) is 63.9 Å². The van der Waals surface area contributed by atoms with E-state index in [9.17, 15) is 8.42 Å². The van der Waals surface area contributed by atoms with E-state index in [2.05, 4.69) is 65.8 Å². The van der Waals surface area contributed by atoms with Gasteiger partial charge in [-0.1, -0.05) is 24.3 Å². The SMILES string of the molecule is Cc1cccc(Cc2c(CN3CCS(=O)(=O)CC3)nc3ccc(C4=CCOCC4)cn23)c1C. The maximum absolute atomic E-state index is 11.9. The molecule has 2 aromatic heterocycles. The Labute approximate surface area is 195 Å². The molecular weight excluding hydrogens is 434 g/mol. The summed E-state index contributed by atoms with van der Waals surface area (Å²) in [6.45, 7) is 7.55. The Morgan fingerprint density at radius 3 is 2.67 bits per heavy atom. The highest BCUT2D eigenvalue weighted by molar-refractivity contribution is 7.91. The summed E-state index contributed by atoms with van der Waals surface area (Å²) in [5.41, 5.74) is 9.58. The van der Waals surface area contributed by atoms with Gasteiger partial charge in [-0.3, -0.25) is 4.90 Å². The lowest BCUT2D eigenvalue weighted by atomic mass is 9.99. The fraction of sp³-hybridized carbons (Fsp3) is 0.423. The van der Waals surface area contributed by atoms with Crippen molar-refractivity contribution in [3.05, 3.63) is 76.2 Å². The monoisotopic (exact) mass is 465 g/mol. The van der Waals surface area contributed by atoms with Crippen LogP contribution in [-0.2, 0) is 27.5 Å². The number of aryl methyl sites for hydroxylation is 1. The molecule has 0 aliphatic carbocycles. The molecule has 174 valence electrons. The molecule has 6 nitrogen and oxygen atoms in total. The minimum atomic E-state index is -2.90. The molecule has 0 saturated carbocycles. The van der Waals surface area contributed by atoms with Gasteiger partial charge in [0.25, 0.3) is 0 Å². The maximum atomic E-state index is 11.9. The van der Waals surface area contributed by atoms with Crippen LogP contribution in [0.5, 0.6) is 0 Å². The van der Waals surface area contributed by atoms with E-state index in [4.69, 9.17) is 9.72 Å². The van der Waals surface area contributed by atoms with Crippen LogP contribution in [0.2, 0.25) is 0 Å². The maximum Gasteiger partial charge on any atom is 0.152 e. The largest absolute Gasteiger partial charge is 0.377 e. The second-order valence-corrected chi connectivity index (χ2v) is 11.5. The minimum Gasteiger partial charge on any atom is -0.377 e. The zero-order valence-electron chi connectivity index (χ0n) is 19.4. The Morgan fingerprint density at radius 1 is 1.09 bits per heavy atom. The average Bonchev–Trinajstić information content (AvgIpc) is 3.15. The van der Waals surface area contributed by atoms with Gasteiger partial charge >= 0.3 is 0 Å². The number of pyridine rings is 1. The first-order chi connectivity index (χ1) is 15.9. The average molecular weight is 466 g/mol. The molecule has 1 saturated heterocycles. The number of sulfone groups is 1. The zero-order valence-corrected chi connectivity index (χ0v) is 20.2. The number of imidazole rings is 1. The van der Waals surface area contributed by atoms with Crippen LogP contribution in [0, 0.1) is 13.8 Å². The second-order valence-electron chi connectivity index (χ2n) is 9.17. The Morgan fingerprint density at radius 2 is 1.91 bits per heavy atom. The van der Waals surface area contributed by atoms with Crippen LogP contribution >= 0.6 is 0 Å². The number of aromatic nitrogens is 2. The molecule has 0 unspecified atom stereocenters. The van der Waals surface area contributed by atoms with E-state index in [0.717, 1.165) is 30.8 Å². The first-order valence-corrected chi connectivity index (χ1v) is 13.5. The van der Waals surface area contributed by atoms with Crippen molar-refractivity contribution in [3.63, 3.8) is 0 Å². The van der Waals surface area contributed by atoms with E-state index in [1.54, 1.807) is 0 Å². The molecule has 1 fully saturated rings. The van der Waals surface area contributed by atoms with Crippen molar-refractivity contribution in [2.45, 2.75) is 33.2 Å². The molecule has 33 heavy (non-hydrogen) atoms. The van der Waals surface area contributed by atoms with E-state index in [1.807, 2.05) is 0 Å². The van der Waals surface area contributed by atoms with Gasteiger partial charge in [-0.15, -0.1) is 0 Å². The van der Waals surface area contributed by atoms with Gasteiger partial charge < -0.3 is 9.14 Å². The molecule has 0 amide bonds. The molecule has 4 heterocycles. The third-order valence-electron chi connectivity index (χ3n) is 7.02. The molecule has 1 aromatic carbocycles. The fourth-order valence-corrected chi connectivity index (χ4v) is 6.02. The van der Waals surface area contributed by atoms with Crippen molar-refractivity contribution < 1.29 is 13.2 Å². The quantitative estimate of drug-likeness (QED) is 0.576. The lowest BCUT2D eigenvalue weighted by molar-refractivity contribution is 0.161. The lowest BCUT2D eigenvalue weighted by Crippen LogP contribution is -2.39. The van der Waals surface area contributed by atoms with Crippen molar-refractivity contribution in [3.8, 4) is 0 Å². The highest BCUT2D eigenvalue weighted by atomic mass is 32.2. The van der Waals surface area contributed by atoms with Gasteiger partial charge in [0, 0.05) is 32.3 Å². The zero-order chi connectivity index (χ0) is 23.0. The van der Waals surface area contributed by atoms with Crippen LogP contribution < -0.4 is 0 Å². The molecule has 5 rings (SSSR count). The third kappa shape index (κ3) is 4.76. The summed E-state index contributed by atoms with van der Waals surface area (Å²) < 4.78 is 31.5. The number of nitrogens with zero attached hydrogens (tertiary/aromatic N) is 3. The summed E-state index contributed by atoms with van der Waals surface area (Å²) in [5, 5.41) is 0. The third-order valence-corrected chi connectivity index (χ3v) is 8.63. The van der Waals surface area contributed by atoms with E-state index in [0.29, 0.717) is 26.2 Å². The van der Waals surface area contributed by atoms with E-state index in [1.165, 1.54) is 33.5 Å². The fourth-order valence-electron chi connectivity index (χ4n) is 4.74. The number of hydrogen-bond acceptors (Lipinski definition) is 5. The van der Waals surface area contributed by atoms with Crippen molar-refractivity contribution in [1.82, 2.24) is 14.3 Å². The van der Waals surface area contributed by atoms with Gasteiger partial charge in [-0.25, -0.2) is 13.4 Å². The number of fused-ring (bicyclic) bond motifs is 1. The van der Waals surface area contributed by atoms with E-state index < -0.39 is 9.84 Å². The summed E-state index contributed by atoms with van der Waals surface area (Å²) in [5.74, 6) is 0.458. The van der Waals surface area contributed by atoms with Crippen LogP contribution in [-0.4, -0.2) is 60.5 Å². The van der Waals surface area contributed by atoms with Crippen molar-refractivity contribution >= 4 is 21.1 Å². The molecule has 3 aromatic rings. The van der Waals surface area contributed by atoms with Crippen molar-refractivity contribution in [1.29, 1.82) is 0 Å². The first-order valence-electron chi connectivity index (χ1n) is 11.6. The predicted octanol–water partition coefficient (Wildman–Crippen LogP) is 3.58. The van der Waals surface area contributed by atoms with Gasteiger partial charge in [-0.2, -0.15) is 0 Å². The first kappa shape index (κ1) is 22.3. The van der Waals surface area contributed by atoms with Gasteiger partial charge in [0.05, 0.1) is 36.1 Å². The van der Waals surface area contributed by atoms with E-state index >= 15 is 0 Å². The van der Waals surface area contributed by atoms with Crippen LogP contribution in [0.3, 0.4) is 0 Å². The number of hydrogen-bond donors (Lipinski definition) is 0. The molecule has 2 aliphatic rings. The summed E-state index contributed by atoms with van der Waals surface area (Å²) in [7, 11) is -2.90. The Bertz CT molecular complexity index is 1310. The molecule has 0 atom stereocenters. The Kier molecular flexibility index (Phi) is 6.12. The summed E-state index contributed by atoms with van der Waals surface area (Å²) >= 11 is 0. The standard InChI is InChI=1S/C26H31N3O3S/c1-19-4-3-5-22(20(19)2)16-25-24(18-28-10-14-33(30,31)15-11-28)27-26-7-6-23(17-29(25)26)21-8-12-32-13-9-21/h3-8,17H,9-16,18H2,1-2H3. The molecular formula is C26H31N3O3S. The van der Waals surface area contributed by atoms with Gasteiger partial charge in [0.1, 0.15) is 5.65 Å². The summed E-state index contributed by atoms with van der Waals surface area (Å²) in [4.78, 5) is 7.22. The predicted molar refractivity (Wildman–Crippen MR) is 131 cm³/mol. The molecule has 0 radical (unpaired) electrons.